The van der Waals surface area contributed by atoms with E-state index in [1.54, 1.807) is 26.6 Å². The highest BCUT2D eigenvalue weighted by Gasteiger charge is 2.38. The van der Waals surface area contributed by atoms with E-state index in [1.807, 2.05) is 30.3 Å². The van der Waals surface area contributed by atoms with Gasteiger partial charge in [-0.3, -0.25) is 19.7 Å². The average molecular weight is 874 g/mol. The van der Waals surface area contributed by atoms with Gasteiger partial charge in [-0.05, 0) is 57.5 Å². The highest BCUT2D eigenvalue weighted by atomic mass is 35.5. The van der Waals surface area contributed by atoms with Crippen molar-refractivity contribution in [2.24, 2.45) is 10.7 Å². The number of aliphatic imine (C=N–C) groups is 1. The van der Waals surface area contributed by atoms with Gasteiger partial charge < -0.3 is 29.7 Å². The minimum Gasteiger partial charge on any atom is -0.494 e. The smallest absolute Gasteiger partial charge is 0.295 e. The van der Waals surface area contributed by atoms with Gasteiger partial charge in [0.25, 0.3) is 20.2 Å². The molecule has 2 fully saturated rings. The van der Waals surface area contributed by atoms with Gasteiger partial charge in [0.1, 0.15) is 22.7 Å². The van der Waals surface area contributed by atoms with Crippen molar-refractivity contribution in [3.63, 3.8) is 0 Å². The molecule has 0 bridgehead atoms. The number of piperidine rings is 1. The first-order valence-electron chi connectivity index (χ1n) is 18.6. The number of piperazine rings is 1. The first-order valence-corrected chi connectivity index (χ1v) is 24.4. The second-order valence-electron chi connectivity index (χ2n) is 14.9. The molecular weight excluding hydrogens is 825 g/mol. The summed E-state index contributed by atoms with van der Waals surface area (Å²) in [5.74, 6) is 1.13. The van der Waals surface area contributed by atoms with Crippen LogP contribution in [0, 0.1) is 0 Å². The van der Waals surface area contributed by atoms with E-state index < -0.39 is 42.8 Å². The van der Waals surface area contributed by atoms with Crippen LogP contribution in [0.25, 0.3) is 10.8 Å². The zero-order valence-corrected chi connectivity index (χ0v) is 36.0. The van der Waals surface area contributed by atoms with Crippen LogP contribution in [-0.2, 0) is 30.5 Å². The highest BCUT2D eigenvalue weighted by molar-refractivity contribution is 7.86. The zero-order valence-electron chi connectivity index (χ0n) is 32.7. The number of benzene rings is 4. The maximum Gasteiger partial charge on any atom is 0.295 e. The monoisotopic (exact) mass is 873 g/mol. The molecule has 312 valence electrons. The van der Waals surface area contributed by atoms with E-state index in [4.69, 9.17) is 36.2 Å². The fourth-order valence-electron chi connectivity index (χ4n) is 7.51. The minimum absolute atomic E-state index is 0.0233. The number of rotatable bonds is 8. The number of nitrogens with two attached hydrogens (primary N) is 1. The maximum atomic E-state index is 13.0. The molecule has 0 radical (unpaired) electrons. The maximum absolute atomic E-state index is 13.0. The summed E-state index contributed by atoms with van der Waals surface area (Å²) in [6.07, 6.45) is 3.96. The Kier molecular flexibility index (Phi) is 13.0. The number of nitrogens with zero attached hydrogens (tertiary/aromatic N) is 4. The van der Waals surface area contributed by atoms with Crippen LogP contribution in [0.4, 0.5) is 11.4 Å². The normalized spacial score (nSPS) is 20.0. The number of halogens is 1. The third kappa shape index (κ3) is 9.70. The number of nitrogens with one attached hydrogen (secondary N) is 2. The average Bonchev–Trinajstić information content (AvgIpc) is 3.18. The van der Waals surface area contributed by atoms with E-state index >= 15 is 0 Å². The lowest BCUT2D eigenvalue weighted by Crippen LogP contribution is -2.52. The molecule has 7 rings (SSSR count). The molecule has 3 aliphatic rings. The van der Waals surface area contributed by atoms with Gasteiger partial charge in [-0.15, -0.1) is 0 Å². The van der Waals surface area contributed by atoms with E-state index in [1.165, 1.54) is 50.2 Å². The first-order chi connectivity index (χ1) is 27.3. The third-order valence-corrected chi connectivity index (χ3v) is 14.4. The Morgan fingerprint density at radius 3 is 2.02 bits per heavy atom. The van der Waals surface area contributed by atoms with Gasteiger partial charge in [0.05, 0.1) is 17.8 Å². The Balaban J connectivity index is 0.000000263. The van der Waals surface area contributed by atoms with Gasteiger partial charge in [0, 0.05) is 84.9 Å². The predicted molar refractivity (Wildman–Crippen MR) is 230 cm³/mol. The summed E-state index contributed by atoms with van der Waals surface area (Å²) < 4.78 is 81.5. The first kappa shape index (κ1) is 43.5. The molecule has 4 aromatic rings. The Bertz CT molecular complexity index is 2430. The van der Waals surface area contributed by atoms with Crippen molar-refractivity contribution in [1.82, 2.24) is 15.1 Å². The van der Waals surface area contributed by atoms with Crippen LogP contribution in [0.2, 0.25) is 0 Å². The quantitative estimate of drug-likeness (QED) is 0.120. The summed E-state index contributed by atoms with van der Waals surface area (Å²) >= 11 is 6.59. The number of fused-ring (bicyclic) bond motifs is 1. The van der Waals surface area contributed by atoms with Gasteiger partial charge in [-0.2, -0.15) is 16.8 Å². The van der Waals surface area contributed by atoms with E-state index in [0.717, 1.165) is 49.7 Å². The molecule has 0 saturated carbocycles. The number of hydrogen-bond acceptors (Lipinski definition) is 13. The Hall–Kier alpha value is -4.03. The van der Waals surface area contributed by atoms with Crippen molar-refractivity contribution in [3.05, 3.63) is 95.7 Å². The second kappa shape index (κ2) is 17.3. The van der Waals surface area contributed by atoms with Crippen LogP contribution in [0.3, 0.4) is 0 Å². The molecule has 3 heterocycles. The van der Waals surface area contributed by atoms with E-state index in [0.29, 0.717) is 33.7 Å². The molecule has 15 nitrogen and oxygen atoms in total. The molecule has 1 unspecified atom stereocenters. The van der Waals surface area contributed by atoms with Crippen LogP contribution >= 0.6 is 18.7 Å². The molecule has 4 aromatic carbocycles. The third-order valence-electron chi connectivity index (χ3n) is 10.6. The Labute approximate surface area is 344 Å². The lowest BCUT2D eigenvalue weighted by atomic mass is 9.99. The van der Waals surface area contributed by atoms with Crippen LogP contribution in [0.1, 0.15) is 18.4 Å². The lowest BCUT2D eigenvalue weighted by Gasteiger charge is -2.42. The number of likely N-dealkylation sites (N-methyl/N-ethyl adjacent to an activating group) is 1. The Morgan fingerprint density at radius 1 is 0.879 bits per heavy atom. The lowest BCUT2D eigenvalue weighted by molar-refractivity contribution is 0.0982. The van der Waals surface area contributed by atoms with E-state index in [9.17, 15) is 21.4 Å². The Morgan fingerprint density at radius 2 is 1.47 bits per heavy atom. The molecule has 6 N–H and O–H groups in total. The summed E-state index contributed by atoms with van der Waals surface area (Å²) in [5, 5.41) is 7.42. The van der Waals surface area contributed by atoms with Crippen molar-refractivity contribution in [2.45, 2.75) is 34.3 Å². The van der Waals surface area contributed by atoms with Crippen molar-refractivity contribution in [1.29, 1.82) is 0 Å². The second-order valence-corrected chi connectivity index (χ2v) is 21.2. The van der Waals surface area contributed by atoms with E-state index in [2.05, 4.69) is 44.5 Å². The number of methoxy groups -OCH3 is 1. The largest absolute Gasteiger partial charge is 0.494 e. The van der Waals surface area contributed by atoms with Crippen LogP contribution in [0.5, 0.6) is 5.75 Å². The molecular formula is C39H49ClN7O8PS2. The van der Waals surface area contributed by atoms with Crippen LogP contribution in [-0.4, -0.2) is 114 Å². The summed E-state index contributed by atoms with van der Waals surface area (Å²) in [6, 6.07) is 21.7. The predicted octanol–water partition coefficient (Wildman–Crippen LogP) is 4.76. The minimum atomic E-state index is -4.47. The number of anilines is 2. The highest BCUT2D eigenvalue weighted by Crippen LogP contribution is 2.42. The summed E-state index contributed by atoms with van der Waals surface area (Å²) in [7, 11) is -7.69. The molecule has 0 aromatic heterocycles. The van der Waals surface area contributed by atoms with Gasteiger partial charge in [0.15, 0.2) is 5.66 Å². The van der Waals surface area contributed by atoms with Crippen molar-refractivity contribution < 1.29 is 35.2 Å². The van der Waals surface area contributed by atoms with Crippen molar-refractivity contribution in [3.8, 4) is 5.75 Å². The molecule has 19 heteroatoms. The van der Waals surface area contributed by atoms with Gasteiger partial charge in [-0.1, -0.05) is 60.1 Å². The standard InChI is InChI=1S/C29H41ClN7O2P.C10H8O6S2/c1-35-15-17-37(18-16-35)21-11-13-36(14-12-21)22-9-10-24(25(19-22)39-2)33-28-32-20-27(30)29(31,34-28)23-7-5-6-8-26(23)40(3,4)38;11-17(12,13)9-5-1-3-7-8(9)4-2-6-10(7)18(14,15)16/h5-10,19-21H,11-18,31H2,1-4H3,(H2,32,33,34);1-6H,(H,11,12,13)(H,14,15,16). The number of hydrogen-bond donors (Lipinski definition) is 5. The van der Waals surface area contributed by atoms with E-state index in [-0.39, 0.29) is 10.8 Å². The molecule has 2 saturated heterocycles. The SMILES string of the molecule is COc1cc(N2CCC(N3CCN(C)CC3)CC2)ccc1NC1=NC(N)(c2ccccc2P(C)(C)=O)C(Cl)=CN1.O=S(=O)(O)c1cccc2c(S(=O)(=O)O)cccc12. The molecule has 3 aliphatic heterocycles. The number of ether oxygens (including phenoxy) is 1. The molecule has 0 spiro atoms. The van der Waals surface area contributed by atoms with Crippen molar-refractivity contribution >= 4 is 72.4 Å². The van der Waals surface area contributed by atoms with Gasteiger partial charge in [0.2, 0.25) is 5.96 Å². The summed E-state index contributed by atoms with van der Waals surface area (Å²) in [6.45, 7) is 10.1. The molecule has 0 aliphatic carbocycles. The summed E-state index contributed by atoms with van der Waals surface area (Å²) in [5.41, 5.74) is 7.93. The topological polar surface area (TPSA) is 207 Å². The zero-order chi connectivity index (χ0) is 42.0. The van der Waals surface area contributed by atoms with Gasteiger partial charge >= 0.3 is 0 Å². The number of guanidine groups is 1. The fourth-order valence-corrected chi connectivity index (χ4v) is 10.4. The molecule has 0 amide bonds. The van der Waals surface area contributed by atoms with Crippen LogP contribution in [0.15, 0.2) is 105 Å². The van der Waals surface area contributed by atoms with Crippen molar-refractivity contribution in [2.75, 3.05) is 77.0 Å². The molecule has 1 atom stereocenters. The van der Waals surface area contributed by atoms with Gasteiger partial charge in [-0.25, -0.2) is 4.99 Å². The molecule has 58 heavy (non-hydrogen) atoms. The van der Waals surface area contributed by atoms with Crippen LogP contribution < -0.4 is 31.3 Å². The summed E-state index contributed by atoms with van der Waals surface area (Å²) in [4.78, 5) is 11.4. The fraction of sp³-hybridized carbons (Fsp3) is 0.359.